The van der Waals surface area contributed by atoms with Gasteiger partial charge in [0.25, 0.3) is 0 Å². The third-order valence-corrected chi connectivity index (χ3v) is 23.4. The summed E-state index contributed by atoms with van der Waals surface area (Å²) in [6.07, 6.45) is 2.17. The third-order valence-electron chi connectivity index (χ3n) is 22.9. The number of hydrogen-bond donors (Lipinski definition) is 3. The quantitative estimate of drug-likeness (QED) is 0.232. The van der Waals surface area contributed by atoms with Crippen LogP contribution in [0.2, 0.25) is 0 Å². The molecular weight excluding hydrogens is 1320 g/mol. The van der Waals surface area contributed by atoms with Crippen molar-refractivity contribution in [1.82, 2.24) is 60.0 Å². The van der Waals surface area contributed by atoms with Gasteiger partial charge in [-0.2, -0.15) is 13.2 Å². The molecule has 0 bridgehead atoms. The molecule has 7 rings (SSSR count). The minimum Gasteiger partial charge on any atom is -0.378 e. The predicted octanol–water partition coefficient (Wildman–Crippen LogP) is 4.94. The normalized spacial score (nSPS) is 31.0. The van der Waals surface area contributed by atoms with Crippen molar-refractivity contribution in [2.45, 2.75) is 255 Å². The zero-order valence-corrected chi connectivity index (χ0v) is 62.1. The highest BCUT2D eigenvalue weighted by molar-refractivity contribution is 6.21. The molecule has 4 heterocycles. The number of nitrogens with zero attached hydrogens (tertiary/aromatic N) is 9. The molecule has 3 N–H and O–H groups in total. The zero-order chi connectivity index (χ0) is 74.0. The van der Waals surface area contributed by atoms with Crippen LogP contribution in [0, 0.1) is 35.5 Å². The van der Waals surface area contributed by atoms with E-state index in [-0.39, 0.29) is 128 Å². The molecule has 0 aromatic carbocycles. The smallest absolute Gasteiger partial charge is 0.378 e. The van der Waals surface area contributed by atoms with E-state index in [4.69, 9.17) is 16.3 Å². The Morgan fingerprint density at radius 2 is 1.27 bits per heavy atom. The van der Waals surface area contributed by atoms with Gasteiger partial charge in [0.2, 0.25) is 70.9 Å². The van der Waals surface area contributed by atoms with Crippen molar-refractivity contribution in [1.29, 1.82) is 0 Å². The predicted molar refractivity (Wildman–Crippen MR) is 367 cm³/mol. The number of ether oxygens (including phenoxy) is 1. The SMILES string of the molecule is CC[C@H](C)[C@@H]1NC(=O)[C@H](CC(C)C)N(C)C(=O)C[C@@H](C(=O)N2CCOCC2)N(C)C(=O)[C@H](C(C)C)N(C)C(=O)C2(CCCC2)NC(=O)[C@@H]2CCCN2C(=O)[C@H](CCC2CCC(C(F)(F)F)C(Cl)C2)NC(=O)CN(C)C(=O)[C@H](CC2CCCCC2)N(C)C(=O)[C@@H]2CCN2C(=O)[C@H](C)N(C)C1=O. The topological polar surface area (TPSA) is 279 Å². The number of hydrogen-bond acceptors (Lipinski definition) is 13. The van der Waals surface area contributed by atoms with Crippen LogP contribution in [-0.4, -0.2) is 275 Å². The molecule has 1 spiro atoms. The van der Waals surface area contributed by atoms with E-state index >= 15 is 24.0 Å². The van der Waals surface area contributed by atoms with Gasteiger partial charge in [0, 0.05) is 73.8 Å². The zero-order valence-electron chi connectivity index (χ0n) is 61.4. The van der Waals surface area contributed by atoms with Crippen LogP contribution >= 0.6 is 11.6 Å². The highest BCUT2D eigenvalue weighted by Crippen LogP contribution is 2.44. The molecule has 7 aliphatic rings. The van der Waals surface area contributed by atoms with Gasteiger partial charge in [-0.25, -0.2) is 0 Å². The minimum absolute atomic E-state index is 0.00309. The second kappa shape index (κ2) is 35.2. The van der Waals surface area contributed by atoms with Crippen LogP contribution in [0.3, 0.4) is 0 Å². The number of carbonyl (C=O) groups excluding carboxylic acids is 12. The van der Waals surface area contributed by atoms with Crippen LogP contribution in [-0.2, 0) is 62.3 Å². The van der Waals surface area contributed by atoms with E-state index in [2.05, 4.69) is 16.0 Å². The molecule has 3 saturated carbocycles. The Morgan fingerprint density at radius 1 is 0.630 bits per heavy atom. The van der Waals surface area contributed by atoms with Crippen LogP contribution in [0.4, 0.5) is 13.2 Å². The summed E-state index contributed by atoms with van der Waals surface area (Å²) in [4.78, 5) is 192. The second-order valence-electron chi connectivity index (χ2n) is 30.6. The molecule has 100 heavy (non-hydrogen) atoms. The average molecular weight is 1440 g/mol. The first-order valence-corrected chi connectivity index (χ1v) is 37.2. The highest BCUT2D eigenvalue weighted by atomic mass is 35.5. The molecule has 12 amide bonds. The summed E-state index contributed by atoms with van der Waals surface area (Å²) in [5.41, 5.74) is -1.58. The Bertz CT molecular complexity index is 2940. The summed E-state index contributed by atoms with van der Waals surface area (Å²) < 4.78 is 47.6. The highest BCUT2D eigenvalue weighted by Gasteiger charge is 2.52. The van der Waals surface area contributed by atoms with E-state index < -0.39 is 173 Å². The fourth-order valence-electron chi connectivity index (χ4n) is 16.2. The van der Waals surface area contributed by atoms with Crippen molar-refractivity contribution in [2.24, 2.45) is 35.5 Å². The minimum atomic E-state index is -4.51. The lowest BCUT2D eigenvalue weighted by Gasteiger charge is -2.45. The van der Waals surface area contributed by atoms with Crippen molar-refractivity contribution in [3.63, 3.8) is 0 Å². The van der Waals surface area contributed by atoms with E-state index in [1.807, 2.05) is 20.8 Å². The summed E-state index contributed by atoms with van der Waals surface area (Å²) in [6.45, 7) is 12.6. The Balaban J connectivity index is 1.27. The lowest BCUT2D eigenvalue weighted by atomic mass is 9.78. The second-order valence-corrected chi connectivity index (χ2v) is 31.2. The number of nitrogens with one attached hydrogen (secondary N) is 3. The first-order valence-electron chi connectivity index (χ1n) is 36.7. The molecule has 3 unspecified atom stereocenters. The number of alkyl halides is 4. The van der Waals surface area contributed by atoms with Crippen LogP contribution in [0.5, 0.6) is 0 Å². The van der Waals surface area contributed by atoms with Crippen molar-refractivity contribution >= 4 is 82.5 Å². The molecule has 0 radical (unpaired) electrons. The molecule has 4 saturated heterocycles. The number of halogens is 4. The number of amides is 12. The molecular formula is C71H114ClF3N12O13. The van der Waals surface area contributed by atoms with Crippen LogP contribution in [0.15, 0.2) is 0 Å². The van der Waals surface area contributed by atoms with Crippen molar-refractivity contribution < 1.29 is 75.4 Å². The molecule has 13 atom stereocenters. The molecule has 564 valence electrons. The number of carbonyl (C=O) groups is 12. The molecule has 29 heteroatoms. The van der Waals surface area contributed by atoms with Gasteiger partial charge >= 0.3 is 6.18 Å². The van der Waals surface area contributed by atoms with Crippen molar-refractivity contribution in [3.8, 4) is 0 Å². The van der Waals surface area contributed by atoms with E-state index in [0.717, 1.165) is 37.0 Å². The maximum Gasteiger partial charge on any atom is 0.393 e. The van der Waals surface area contributed by atoms with Gasteiger partial charge in [-0.05, 0) is 114 Å². The molecule has 7 fully saturated rings. The van der Waals surface area contributed by atoms with Gasteiger partial charge in [0.05, 0.1) is 32.1 Å². The number of likely N-dealkylation sites (N-methyl/N-ethyl adjacent to an activating group) is 6. The summed E-state index contributed by atoms with van der Waals surface area (Å²) in [6, 6.07) is -11.0. The van der Waals surface area contributed by atoms with E-state index in [0.29, 0.717) is 25.7 Å². The third kappa shape index (κ3) is 19.1. The number of morpholine rings is 1. The van der Waals surface area contributed by atoms with Gasteiger partial charge in [-0.1, -0.05) is 92.9 Å². The van der Waals surface area contributed by atoms with Crippen LogP contribution < -0.4 is 16.0 Å². The first-order chi connectivity index (χ1) is 47.0. The van der Waals surface area contributed by atoms with Gasteiger partial charge in [-0.15, -0.1) is 11.6 Å². The van der Waals surface area contributed by atoms with Crippen molar-refractivity contribution in [3.05, 3.63) is 0 Å². The van der Waals surface area contributed by atoms with Gasteiger partial charge < -0.3 is 64.8 Å². The van der Waals surface area contributed by atoms with Crippen molar-refractivity contribution in [2.75, 3.05) is 88.2 Å². The Labute approximate surface area is 594 Å². The average Bonchev–Trinajstić information content (AvgIpc) is 1.14. The monoisotopic (exact) mass is 1430 g/mol. The van der Waals surface area contributed by atoms with E-state index in [9.17, 15) is 46.7 Å². The van der Waals surface area contributed by atoms with E-state index in [1.165, 1.54) is 88.4 Å². The number of rotatable bonds is 11. The maximum atomic E-state index is 15.4. The standard InChI is InChI=1S/C71H114ClF3N12O13/c1-14-44(6)58-67(97)80(9)45(7)62(92)87-32-28-52(87)65(95)82(11)54(39-46-21-16-15-17-22-46)64(94)79(8)41-56(88)76-50(27-25-47-24-26-48(49(72)38-47)71(73,74)75)63(93)86-31-20-23-51(86)61(91)78-70(29-18-19-30-70)69(99)84(13)59(43(4)5)68(98)83(12)55(66(96)85-33-35-100-36-34-85)40-57(89)81(10)53(37-42(2)3)60(90)77-58/h42-55,58-59H,14-41H2,1-13H3,(H,76,88)(H,77,90)(H,78,91)/t44-,45-,47?,48?,49?,50-,51-,52-,53-,54-,55-,58-,59-/m0/s1. The summed E-state index contributed by atoms with van der Waals surface area (Å²) in [5, 5.41) is 7.58. The fraction of sp³-hybridized carbons (Fsp3) is 0.831. The van der Waals surface area contributed by atoms with Crippen LogP contribution in [0.25, 0.3) is 0 Å². The Kier molecular flexibility index (Phi) is 28.5. The summed E-state index contributed by atoms with van der Waals surface area (Å²) in [5.74, 6) is -11.0. The first kappa shape index (κ1) is 81.0. The molecule has 0 aromatic rings. The Morgan fingerprint density at radius 3 is 1.85 bits per heavy atom. The lowest BCUT2D eigenvalue weighted by molar-refractivity contribution is -0.182. The van der Waals surface area contributed by atoms with Gasteiger partial charge in [-0.3, -0.25) is 57.5 Å². The van der Waals surface area contributed by atoms with Crippen LogP contribution in [0.1, 0.15) is 183 Å². The van der Waals surface area contributed by atoms with Gasteiger partial charge in [0.1, 0.15) is 59.9 Å². The largest absolute Gasteiger partial charge is 0.393 e. The molecule has 4 aliphatic heterocycles. The Hall–Kier alpha value is -6.32. The van der Waals surface area contributed by atoms with E-state index in [1.54, 1.807) is 20.8 Å². The lowest BCUT2D eigenvalue weighted by Crippen LogP contribution is -2.65. The molecule has 0 aromatic heterocycles. The van der Waals surface area contributed by atoms with Gasteiger partial charge in [0.15, 0.2) is 0 Å². The summed E-state index contributed by atoms with van der Waals surface area (Å²) in [7, 11) is 8.59. The maximum absolute atomic E-state index is 15.4. The number of fused-ring (bicyclic) bond motifs is 2. The summed E-state index contributed by atoms with van der Waals surface area (Å²) >= 11 is 6.40. The fourth-order valence-corrected chi connectivity index (χ4v) is 16.7. The molecule has 3 aliphatic carbocycles. The molecule has 25 nitrogen and oxygen atoms in total.